The highest BCUT2D eigenvalue weighted by Gasteiger charge is 2.56. The zero-order valence-electron chi connectivity index (χ0n) is 14.6. The molecule has 3 aliphatic heterocycles. The van der Waals surface area contributed by atoms with Gasteiger partial charge < -0.3 is 19.6 Å². The lowest BCUT2D eigenvalue weighted by molar-refractivity contribution is -0.158. The fourth-order valence-electron chi connectivity index (χ4n) is 4.09. The Morgan fingerprint density at radius 1 is 1.60 bits per heavy atom. The smallest absolute Gasteiger partial charge is 0.235 e. The number of thioether (sulfide) groups is 1. The molecule has 3 aliphatic rings. The highest BCUT2D eigenvalue weighted by Crippen LogP contribution is 2.48. The number of likely N-dealkylation sites (tertiary alicyclic amines) is 1. The molecule has 25 heavy (non-hydrogen) atoms. The van der Waals surface area contributed by atoms with E-state index in [1.807, 2.05) is 9.80 Å². The van der Waals surface area contributed by atoms with Crippen molar-refractivity contribution in [2.45, 2.75) is 43.7 Å². The summed E-state index contributed by atoms with van der Waals surface area (Å²) in [7, 11) is 0. The predicted octanol–water partition coefficient (Wildman–Crippen LogP) is 1.45. The average molecular weight is 371 g/mol. The lowest BCUT2D eigenvalue weighted by Crippen LogP contribution is -2.62. The molecular formula is C17H26FN3O3S. The van der Waals surface area contributed by atoms with E-state index in [9.17, 15) is 14.3 Å². The fraction of sp³-hybridized carbons (Fsp3) is 0.765. The van der Waals surface area contributed by atoms with Gasteiger partial charge in [-0.15, -0.1) is 11.8 Å². The van der Waals surface area contributed by atoms with Gasteiger partial charge in [0.2, 0.25) is 5.91 Å². The fourth-order valence-corrected chi connectivity index (χ4v) is 5.62. The summed E-state index contributed by atoms with van der Waals surface area (Å²) in [5.74, 6) is -0.0515. The lowest BCUT2D eigenvalue weighted by Gasteiger charge is -2.47. The van der Waals surface area contributed by atoms with Crippen LogP contribution < -0.4 is 0 Å². The van der Waals surface area contributed by atoms with Crippen LogP contribution in [0.15, 0.2) is 11.1 Å². The molecule has 0 bridgehead atoms. The van der Waals surface area contributed by atoms with E-state index in [1.54, 1.807) is 18.7 Å². The molecule has 0 aromatic carbocycles. The number of aliphatic hydroxyl groups excluding tert-OH is 1. The summed E-state index contributed by atoms with van der Waals surface area (Å²) in [4.78, 5) is 16.1. The molecule has 6 nitrogen and oxygen atoms in total. The summed E-state index contributed by atoms with van der Waals surface area (Å²) >= 11 is 1.67. The molecule has 0 saturated carbocycles. The van der Waals surface area contributed by atoms with Crippen molar-refractivity contribution in [3.05, 3.63) is 11.1 Å². The number of carbonyl (C=O) groups excluding carboxylic acids is 1. The van der Waals surface area contributed by atoms with Crippen molar-refractivity contribution in [1.29, 1.82) is 5.41 Å². The number of nitrogens with one attached hydrogen (secondary N) is 1. The van der Waals surface area contributed by atoms with Gasteiger partial charge in [0.1, 0.15) is 6.67 Å². The van der Waals surface area contributed by atoms with E-state index in [1.165, 1.54) is 6.34 Å². The molecular weight excluding hydrogens is 345 g/mol. The van der Waals surface area contributed by atoms with Crippen molar-refractivity contribution < 1.29 is 19.0 Å². The van der Waals surface area contributed by atoms with Gasteiger partial charge in [-0.3, -0.25) is 10.2 Å². The second-order valence-electron chi connectivity index (χ2n) is 7.05. The van der Waals surface area contributed by atoms with Crippen LogP contribution in [-0.4, -0.2) is 77.0 Å². The standard InChI is InChI=1S/C17H26FN3O3S/c1-10-5-14(21-16(10)15(11(2)22)17(21)23)25-13-6-12(8-24-4-3-18)20(7-13)9-19/h5,9-13,15-16,19,22H,3-4,6-8H2,1-2H3/t10-,11-,12+,13+,15-,16+/m1/s1. The van der Waals surface area contributed by atoms with Gasteiger partial charge in [0.15, 0.2) is 0 Å². The molecule has 8 heteroatoms. The summed E-state index contributed by atoms with van der Waals surface area (Å²) < 4.78 is 17.5. The van der Waals surface area contributed by atoms with E-state index in [-0.39, 0.29) is 41.7 Å². The van der Waals surface area contributed by atoms with Crippen LogP contribution in [-0.2, 0) is 9.53 Å². The van der Waals surface area contributed by atoms with Crippen molar-refractivity contribution in [3.8, 4) is 0 Å². The Balaban J connectivity index is 1.59. The molecule has 0 aromatic heterocycles. The van der Waals surface area contributed by atoms with Gasteiger partial charge in [0, 0.05) is 11.8 Å². The van der Waals surface area contributed by atoms with Crippen LogP contribution in [0.4, 0.5) is 4.39 Å². The third-order valence-corrected chi connectivity index (χ3v) is 6.54. The molecule has 2 N–H and O–H groups in total. The minimum atomic E-state index is -0.620. The number of β-lactam (4-membered cyclic amide) rings is 1. The molecule has 0 spiro atoms. The first-order valence-corrected chi connectivity index (χ1v) is 9.65. The maximum Gasteiger partial charge on any atom is 0.235 e. The average Bonchev–Trinajstić information content (AvgIpc) is 3.05. The third kappa shape index (κ3) is 3.44. The second-order valence-corrected chi connectivity index (χ2v) is 8.37. The van der Waals surface area contributed by atoms with Gasteiger partial charge in [0.05, 0.1) is 48.7 Å². The summed E-state index contributed by atoms with van der Waals surface area (Å²) in [6.07, 6.45) is 3.66. The van der Waals surface area contributed by atoms with E-state index in [2.05, 4.69) is 13.0 Å². The number of halogens is 1. The molecule has 0 aromatic rings. The first-order chi connectivity index (χ1) is 12.0. The lowest BCUT2D eigenvalue weighted by atomic mass is 9.79. The number of aliphatic hydroxyl groups is 1. The third-order valence-electron chi connectivity index (χ3n) is 5.29. The Kier molecular flexibility index (Phi) is 5.70. The monoisotopic (exact) mass is 371 g/mol. The van der Waals surface area contributed by atoms with Crippen LogP contribution in [0.25, 0.3) is 0 Å². The topological polar surface area (TPSA) is 76.9 Å². The van der Waals surface area contributed by atoms with E-state index in [0.29, 0.717) is 6.61 Å². The quantitative estimate of drug-likeness (QED) is 0.292. The molecule has 3 rings (SSSR count). The molecule has 6 atom stereocenters. The van der Waals surface area contributed by atoms with Crippen molar-refractivity contribution in [3.63, 3.8) is 0 Å². The Bertz CT molecular complexity index is 559. The molecule has 140 valence electrons. The van der Waals surface area contributed by atoms with Crippen molar-refractivity contribution in [2.24, 2.45) is 11.8 Å². The van der Waals surface area contributed by atoms with Gasteiger partial charge in [-0.1, -0.05) is 6.92 Å². The van der Waals surface area contributed by atoms with Crippen molar-refractivity contribution in [2.75, 3.05) is 26.4 Å². The number of amides is 1. The zero-order chi connectivity index (χ0) is 18.1. The summed E-state index contributed by atoms with van der Waals surface area (Å²) in [5, 5.41) is 18.6. The molecule has 2 fully saturated rings. The maximum atomic E-state index is 12.4. The van der Waals surface area contributed by atoms with Crippen LogP contribution in [0.5, 0.6) is 0 Å². The Hall–Kier alpha value is -1.12. The molecule has 0 unspecified atom stereocenters. The molecule has 1 amide bonds. The number of fused-ring (bicyclic) bond motifs is 1. The van der Waals surface area contributed by atoms with Crippen molar-refractivity contribution >= 4 is 24.0 Å². The highest BCUT2D eigenvalue weighted by molar-refractivity contribution is 8.03. The molecule has 3 heterocycles. The highest BCUT2D eigenvalue weighted by atomic mass is 32.2. The van der Waals surface area contributed by atoms with Crippen LogP contribution >= 0.6 is 11.8 Å². The predicted molar refractivity (Wildman–Crippen MR) is 95.1 cm³/mol. The number of alkyl halides is 1. The van der Waals surface area contributed by atoms with Crippen LogP contribution in [0, 0.1) is 17.2 Å². The minimum absolute atomic E-state index is 0.00726. The number of hydrogen-bond acceptors (Lipinski definition) is 5. The van der Waals surface area contributed by atoms with Gasteiger partial charge in [-0.2, -0.15) is 0 Å². The maximum absolute atomic E-state index is 12.4. The number of nitrogens with zero attached hydrogens (tertiary/aromatic N) is 2. The van der Waals surface area contributed by atoms with E-state index >= 15 is 0 Å². The number of hydrogen-bond donors (Lipinski definition) is 2. The number of rotatable bonds is 8. The largest absolute Gasteiger partial charge is 0.393 e. The molecule has 0 radical (unpaired) electrons. The van der Waals surface area contributed by atoms with E-state index in [4.69, 9.17) is 10.1 Å². The summed E-state index contributed by atoms with van der Waals surface area (Å²) in [6, 6.07) is 0.146. The van der Waals surface area contributed by atoms with Gasteiger partial charge in [-0.05, 0) is 25.3 Å². The van der Waals surface area contributed by atoms with Crippen molar-refractivity contribution in [1.82, 2.24) is 9.80 Å². The van der Waals surface area contributed by atoms with Crippen LogP contribution in [0.2, 0.25) is 0 Å². The summed E-state index contributed by atoms with van der Waals surface area (Å²) in [6.45, 7) is 4.49. The molecule has 0 aliphatic carbocycles. The van der Waals surface area contributed by atoms with Crippen LogP contribution in [0.1, 0.15) is 20.3 Å². The van der Waals surface area contributed by atoms with Gasteiger partial charge in [-0.25, -0.2) is 4.39 Å². The SMILES string of the molecule is C[C@@H]1C=C(S[C@H]2C[C@@H](COCCF)N(C=N)C2)N2C(=O)[C@H]([C@@H](C)O)[C@H]12. The number of ether oxygens (including phenoxy) is 1. The van der Waals surface area contributed by atoms with E-state index < -0.39 is 12.8 Å². The van der Waals surface area contributed by atoms with E-state index in [0.717, 1.165) is 18.0 Å². The molecule has 2 saturated heterocycles. The Labute approximate surface area is 151 Å². The normalized spacial score (nSPS) is 35.4. The second kappa shape index (κ2) is 7.63. The summed E-state index contributed by atoms with van der Waals surface area (Å²) in [5.41, 5.74) is 0. The first-order valence-electron chi connectivity index (χ1n) is 8.77. The van der Waals surface area contributed by atoms with Gasteiger partial charge >= 0.3 is 0 Å². The Morgan fingerprint density at radius 2 is 2.36 bits per heavy atom. The van der Waals surface area contributed by atoms with Gasteiger partial charge in [0.25, 0.3) is 0 Å². The zero-order valence-corrected chi connectivity index (χ0v) is 15.4. The van der Waals surface area contributed by atoms with Crippen LogP contribution in [0.3, 0.4) is 0 Å². The first kappa shape index (κ1) is 18.7. The number of carbonyl (C=O) groups is 1. The Morgan fingerprint density at radius 3 is 3.00 bits per heavy atom. The minimum Gasteiger partial charge on any atom is -0.393 e.